The quantitative estimate of drug-likeness (QED) is 0.910. The highest BCUT2D eigenvalue weighted by atomic mass is 19.1. The van der Waals surface area contributed by atoms with Gasteiger partial charge in [-0.05, 0) is 49.8 Å². The molecule has 0 aliphatic carbocycles. The van der Waals surface area contributed by atoms with Crippen molar-refractivity contribution >= 4 is 17.5 Å². The van der Waals surface area contributed by atoms with Crippen molar-refractivity contribution in [3.8, 4) is 0 Å². The van der Waals surface area contributed by atoms with Gasteiger partial charge in [-0.15, -0.1) is 0 Å². The van der Waals surface area contributed by atoms with Crippen LogP contribution in [0, 0.1) is 12.7 Å². The molecule has 2 amide bonds. The van der Waals surface area contributed by atoms with Gasteiger partial charge in [-0.2, -0.15) is 0 Å². The van der Waals surface area contributed by atoms with Crippen LogP contribution in [-0.2, 0) is 16.0 Å². The molecule has 1 aromatic rings. The van der Waals surface area contributed by atoms with Gasteiger partial charge in [-0.1, -0.05) is 6.07 Å². The van der Waals surface area contributed by atoms with Gasteiger partial charge in [0, 0.05) is 32.6 Å². The Balaban J connectivity index is 1.70. The fourth-order valence-electron chi connectivity index (χ4n) is 3.95. The summed E-state index contributed by atoms with van der Waals surface area (Å²) in [6.07, 6.45) is 3.56. The molecule has 1 aromatic carbocycles. The van der Waals surface area contributed by atoms with E-state index in [1.807, 2.05) is 17.9 Å². The molecule has 25 heavy (non-hydrogen) atoms. The van der Waals surface area contributed by atoms with Gasteiger partial charge in [0.25, 0.3) is 0 Å². The molecular formula is C19H26FN3O2. The van der Waals surface area contributed by atoms with Crippen LogP contribution in [0.3, 0.4) is 0 Å². The zero-order valence-corrected chi connectivity index (χ0v) is 15.0. The van der Waals surface area contributed by atoms with Crippen molar-refractivity contribution in [2.24, 2.45) is 0 Å². The van der Waals surface area contributed by atoms with Crippen molar-refractivity contribution in [1.29, 1.82) is 0 Å². The third kappa shape index (κ3) is 3.94. The smallest absolute Gasteiger partial charge is 0.242 e. The third-order valence-corrected chi connectivity index (χ3v) is 5.15. The van der Waals surface area contributed by atoms with Crippen LogP contribution in [0.2, 0.25) is 0 Å². The number of hydrogen-bond acceptors (Lipinski definition) is 3. The molecule has 0 aromatic heterocycles. The Hall–Kier alpha value is -2.11. The summed E-state index contributed by atoms with van der Waals surface area (Å²) in [4.78, 5) is 27.7. The van der Waals surface area contributed by atoms with Crippen molar-refractivity contribution in [2.75, 3.05) is 31.1 Å². The maximum atomic E-state index is 14.4. The highest BCUT2D eigenvalue weighted by Gasteiger charge is 2.28. The molecule has 5 nitrogen and oxygen atoms in total. The molecule has 1 unspecified atom stereocenters. The first kappa shape index (κ1) is 17.7. The van der Waals surface area contributed by atoms with E-state index in [1.165, 1.54) is 13.0 Å². The van der Waals surface area contributed by atoms with Crippen molar-refractivity contribution in [1.82, 2.24) is 10.2 Å². The molecule has 3 rings (SSSR count). The molecule has 2 heterocycles. The number of rotatable bonds is 3. The first-order chi connectivity index (χ1) is 12.0. The molecule has 1 saturated heterocycles. The van der Waals surface area contributed by atoms with E-state index in [0.717, 1.165) is 36.8 Å². The van der Waals surface area contributed by atoms with Gasteiger partial charge in [-0.25, -0.2) is 4.39 Å². The van der Waals surface area contributed by atoms with Crippen molar-refractivity contribution < 1.29 is 14.0 Å². The predicted octanol–water partition coefficient (Wildman–Crippen LogP) is 2.01. The normalized spacial score (nSPS) is 20.2. The lowest BCUT2D eigenvalue weighted by Gasteiger charge is -2.37. The lowest BCUT2D eigenvalue weighted by Crippen LogP contribution is -2.51. The van der Waals surface area contributed by atoms with Crippen molar-refractivity contribution in [2.45, 2.75) is 45.6 Å². The molecule has 136 valence electrons. The average molecular weight is 347 g/mol. The van der Waals surface area contributed by atoms with E-state index in [9.17, 15) is 14.0 Å². The summed E-state index contributed by atoms with van der Waals surface area (Å²) in [6, 6.07) is 3.31. The lowest BCUT2D eigenvalue weighted by molar-refractivity contribution is -0.132. The van der Waals surface area contributed by atoms with Crippen LogP contribution in [0.25, 0.3) is 0 Å². The maximum Gasteiger partial charge on any atom is 0.242 e. The minimum atomic E-state index is -0.247. The van der Waals surface area contributed by atoms with Crippen molar-refractivity contribution in [3.05, 3.63) is 29.1 Å². The predicted molar refractivity (Wildman–Crippen MR) is 95.1 cm³/mol. The van der Waals surface area contributed by atoms with E-state index >= 15 is 0 Å². The Kier molecular flexibility index (Phi) is 5.25. The number of nitrogens with zero attached hydrogens (tertiary/aromatic N) is 2. The topological polar surface area (TPSA) is 52.7 Å². The molecule has 0 bridgehead atoms. The Morgan fingerprint density at radius 3 is 2.84 bits per heavy atom. The number of fused-ring (bicyclic) bond motifs is 1. The van der Waals surface area contributed by atoms with Crippen LogP contribution in [0.4, 0.5) is 10.1 Å². The van der Waals surface area contributed by atoms with E-state index in [4.69, 9.17) is 0 Å². The molecule has 0 spiro atoms. The minimum absolute atomic E-state index is 0.00353. The Bertz CT molecular complexity index is 677. The van der Waals surface area contributed by atoms with Gasteiger partial charge in [-0.3, -0.25) is 9.59 Å². The SMILES string of the molecule is CC(=O)NC1CCCN(C(=O)CN2CCCc3c(C)ccc(F)c32)C1. The van der Waals surface area contributed by atoms with Crippen LogP contribution in [0.1, 0.15) is 37.3 Å². The third-order valence-electron chi connectivity index (χ3n) is 5.15. The highest BCUT2D eigenvalue weighted by molar-refractivity contribution is 5.82. The van der Waals surface area contributed by atoms with E-state index in [1.54, 1.807) is 4.90 Å². The van der Waals surface area contributed by atoms with Crippen LogP contribution in [-0.4, -0.2) is 48.9 Å². The number of nitrogens with one attached hydrogen (secondary N) is 1. The minimum Gasteiger partial charge on any atom is -0.360 e. The second-order valence-electron chi connectivity index (χ2n) is 7.10. The molecule has 2 aliphatic rings. The summed E-state index contributed by atoms with van der Waals surface area (Å²) in [5.41, 5.74) is 2.70. The number of carbonyl (C=O) groups is 2. The monoisotopic (exact) mass is 347 g/mol. The fraction of sp³-hybridized carbons (Fsp3) is 0.579. The summed E-state index contributed by atoms with van der Waals surface area (Å²) < 4.78 is 14.4. The number of halogens is 1. The molecule has 6 heteroatoms. The van der Waals surface area contributed by atoms with Gasteiger partial charge in [0.05, 0.1) is 12.2 Å². The van der Waals surface area contributed by atoms with E-state index in [0.29, 0.717) is 25.3 Å². The molecule has 1 atom stereocenters. The van der Waals surface area contributed by atoms with Crippen LogP contribution < -0.4 is 10.2 Å². The number of likely N-dealkylation sites (tertiary alicyclic amines) is 1. The summed E-state index contributed by atoms with van der Waals surface area (Å²) in [5, 5.41) is 2.90. The largest absolute Gasteiger partial charge is 0.360 e. The first-order valence-electron chi connectivity index (χ1n) is 9.03. The van der Waals surface area contributed by atoms with Crippen LogP contribution in [0.15, 0.2) is 12.1 Å². The Morgan fingerprint density at radius 1 is 1.28 bits per heavy atom. The molecule has 1 N–H and O–H groups in total. The molecule has 0 saturated carbocycles. The highest BCUT2D eigenvalue weighted by Crippen LogP contribution is 2.32. The fourth-order valence-corrected chi connectivity index (χ4v) is 3.95. The van der Waals surface area contributed by atoms with Crippen LogP contribution >= 0.6 is 0 Å². The lowest BCUT2D eigenvalue weighted by atomic mass is 9.96. The van der Waals surface area contributed by atoms with Crippen LogP contribution in [0.5, 0.6) is 0 Å². The van der Waals surface area contributed by atoms with Gasteiger partial charge in [0.15, 0.2) is 0 Å². The van der Waals surface area contributed by atoms with E-state index in [-0.39, 0.29) is 30.2 Å². The number of aryl methyl sites for hydroxylation is 1. The van der Waals surface area contributed by atoms with Crippen molar-refractivity contribution in [3.63, 3.8) is 0 Å². The van der Waals surface area contributed by atoms with Gasteiger partial charge >= 0.3 is 0 Å². The standard InChI is InChI=1S/C19H26FN3O2/c1-13-7-8-17(20)19-16(13)6-4-10-23(19)12-18(25)22-9-3-5-15(11-22)21-14(2)24/h7-8,15H,3-6,9-12H2,1-2H3,(H,21,24). The summed E-state index contributed by atoms with van der Waals surface area (Å²) in [7, 11) is 0. The average Bonchev–Trinajstić information content (AvgIpc) is 2.58. The number of anilines is 1. The number of carbonyl (C=O) groups excluding carboxylic acids is 2. The van der Waals surface area contributed by atoms with Gasteiger partial charge < -0.3 is 15.1 Å². The van der Waals surface area contributed by atoms with E-state index in [2.05, 4.69) is 5.32 Å². The first-order valence-corrected chi connectivity index (χ1v) is 9.03. The summed E-state index contributed by atoms with van der Waals surface area (Å²) in [6.45, 7) is 5.62. The number of piperidine rings is 1. The Morgan fingerprint density at radius 2 is 2.08 bits per heavy atom. The second-order valence-corrected chi connectivity index (χ2v) is 7.10. The molecule has 2 aliphatic heterocycles. The Labute approximate surface area is 148 Å². The van der Waals surface area contributed by atoms with Gasteiger partial charge in [0.2, 0.25) is 11.8 Å². The number of hydrogen-bond donors (Lipinski definition) is 1. The summed E-state index contributed by atoms with van der Waals surface area (Å²) >= 11 is 0. The maximum absolute atomic E-state index is 14.4. The van der Waals surface area contributed by atoms with E-state index < -0.39 is 0 Å². The molecule has 1 fully saturated rings. The molecular weight excluding hydrogens is 321 g/mol. The summed E-state index contributed by atoms with van der Waals surface area (Å²) in [5.74, 6) is -0.312. The van der Waals surface area contributed by atoms with Gasteiger partial charge in [0.1, 0.15) is 5.82 Å². The second kappa shape index (κ2) is 7.42. The zero-order chi connectivity index (χ0) is 18.0. The number of benzene rings is 1. The zero-order valence-electron chi connectivity index (χ0n) is 15.0. The number of amides is 2. The molecule has 0 radical (unpaired) electrons.